The zero-order valence-corrected chi connectivity index (χ0v) is 9.64. The van der Waals surface area contributed by atoms with E-state index in [2.05, 4.69) is 24.9 Å². The maximum atomic E-state index is 8.84. The Morgan fingerprint density at radius 1 is 1.44 bits per heavy atom. The van der Waals surface area contributed by atoms with Crippen LogP contribution in [-0.2, 0) is 0 Å². The molecule has 0 bridgehead atoms. The average molecular weight is 213 g/mol. The van der Waals surface area contributed by atoms with E-state index in [4.69, 9.17) is 10.5 Å². The Morgan fingerprint density at radius 3 is 2.75 bits per heavy atom. The van der Waals surface area contributed by atoms with Crippen LogP contribution in [0.5, 0.6) is 0 Å². The molecule has 0 aromatic carbocycles. The maximum absolute atomic E-state index is 8.84. The SMILES string of the molecule is CCC(C)C(CC#N)c1ccnc(C#N)c1. The highest BCUT2D eigenvalue weighted by atomic mass is 14.7. The lowest BCUT2D eigenvalue weighted by Gasteiger charge is -2.20. The maximum Gasteiger partial charge on any atom is 0.140 e. The summed E-state index contributed by atoms with van der Waals surface area (Å²) in [5.41, 5.74) is 1.46. The Morgan fingerprint density at radius 2 is 2.19 bits per heavy atom. The summed E-state index contributed by atoms with van der Waals surface area (Å²) in [7, 11) is 0. The Kier molecular flexibility index (Phi) is 4.48. The predicted octanol–water partition coefficient (Wildman–Crippen LogP) is 3.00. The van der Waals surface area contributed by atoms with Gasteiger partial charge in [-0.2, -0.15) is 10.5 Å². The Balaban J connectivity index is 3.02. The molecule has 3 heteroatoms. The molecule has 0 fully saturated rings. The number of hydrogen-bond donors (Lipinski definition) is 0. The van der Waals surface area contributed by atoms with E-state index in [0.29, 0.717) is 18.0 Å². The van der Waals surface area contributed by atoms with Crippen LogP contribution < -0.4 is 0 Å². The molecule has 1 aromatic rings. The van der Waals surface area contributed by atoms with Gasteiger partial charge in [-0.05, 0) is 29.5 Å². The molecule has 0 aliphatic heterocycles. The summed E-state index contributed by atoms with van der Waals surface area (Å²) in [6.07, 6.45) is 3.15. The molecule has 0 N–H and O–H groups in total. The van der Waals surface area contributed by atoms with E-state index in [1.54, 1.807) is 12.3 Å². The molecule has 0 radical (unpaired) electrons. The first-order valence-electron chi connectivity index (χ1n) is 5.45. The normalized spacial score (nSPS) is 13.5. The molecule has 1 rings (SSSR count). The smallest absolute Gasteiger partial charge is 0.140 e. The summed E-state index contributed by atoms with van der Waals surface area (Å²) in [5, 5.41) is 17.6. The number of hydrogen-bond acceptors (Lipinski definition) is 3. The summed E-state index contributed by atoms with van der Waals surface area (Å²) in [6.45, 7) is 4.25. The molecule has 0 saturated heterocycles. The van der Waals surface area contributed by atoms with E-state index in [1.807, 2.05) is 12.1 Å². The fourth-order valence-corrected chi connectivity index (χ4v) is 1.77. The topological polar surface area (TPSA) is 60.5 Å². The standard InChI is InChI=1S/C13H15N3/c1-3-10(2)13(4-6-14)11-5-7-16-12(8-11)9-15/h5,7-8,10,13H,3-4H2,1-2H3. The molecule has 0 saturated carbocycles. The van der Waals surface area contributed by atoms with E-state index < -0.39 is 0 Å². The second-order valence-corrected chi connectivity index (χ2v) is 3.94. The number of nitrogens with zero attached hydrogens (tertiary/aromatic N) is 3. The lowest BCUT2D eigenvalue weighted by molar-refractivity contribution is 0.450. The molecule has 0 aliphatic carbocycles. The largest absolute Gasteiger partial charge is 0.246 e. The first-order valence-corrected chi connectivity index (χ1v) is 5.45. The van der Waals surface area contributed by atoms with Crippen molar-refractivity contribution in [1.29, 1.82) is 10.5 Å². The second kappa shape index (κ2) is 5.88. The van der Waals surface area contributed by atoms with E-state index in [0.717, 1.165) is 12.0 Å². The number of rotatable bonds is 4. The number of aromatic nitrogens is 1. The summed E-state index contributed by atoms with van der Waals surface area (Å²) >= 11 is 0. The van der Waals surface area contributed by atoms with Gasteiger partial charge in [-0.1, -0.05) is 20.3 Å². The minimum Gasteiger partial charge on any atom is -0.246 e. The molecule has 2 atom stereocenters. The van der Waals surface area contributed by atoms with Gasteiger partial charge in [-0.15, -0.1) is 0 Å². The molecule has 0 spiro atoms. The van der Waals surface area contributed by atoms with E-state index in [-0.39, 0.29) is 5.92 Å². The molecule has 3 nitrogen and oxygen atoms in total. The lowest BCUT2D eigenvalue weighted by Crippen LogP contribution is -2.09. The van der Waals surface area contributed by atoms with Crippen molar-refractivity contribution < 1.29 is 0 Å². The van der Waals surface area contributed by atoms with Crippen molar-refractivity contribution in [1.82, 2.24) is 4.98 Å². The second-order valence-electron chi connectivity index (χ2n) is 3.94. The molecular formula is C13H15N3. The van der Waals surface area contributed by atoms with E-state index in [9.17, 15) is 0 Å². The molecule has 0 aliphatic rings. The van der Waals surface area contributed by atoms with Gasteiger partial charge in [-0.3, -0.25) is 0 Å². The highest BCUT2D eigenvalue weighted by Crippen LogP contribution is 2.29. The minimum atomic E-state index is 0.199. The van der Waals surface area contributed by atoms with Crippen LogP contribution >= 0.6 is 0 Å². The van der Waals surface area contributed by atoms with E-state index >= 15 is 0 Å². The van der Waals surface area contributed by atoms with Gasteiger partial charge >= 0.3 is 0 Å². The fourth-order valence-electron chi connectivity index (χ4n) is 1.77. The summed E-state index contributed by atoms with van der Waals surface area (Å²) in [6, 6.07) is 7.93. The van der Waals surface area contributed by atoms with Crippen molar-refractivity contribution in [2.75, 3.05) is 0 Å². The zero-order chi connectivity index (χ0) is 12.0. The number of pyridine rings is 1. The monoisotopic (exact) mass is 213 g/mol. The predicted molar refractivity (Wildman–Crippen MR) is 61.4 cm³/mol. The van der Waals surface area contributed by atoms with Gasteiger partial charge in [-0.25, -0.2) is 4.98 Å². The highest BCUT2D eigenvalue weighted by molar-refractivity contribution is 5.28. The molecule has 0 amide bonds. The number of nitriles is 2. The van der Waals surface area contributed by atoms with Gasteiger partial charge in [0.15, 0.2) is 0 Å². The van der Waals surface area contributed by atoms with Gasteiger partial charge < -0.3 is 0 Å². The fraction of sp³-hybridized carbons (Fsp3) is 0.462. The molecule has 1 heterocycles. The van der Waals surface area contributed by atoms with Crippen molar-refractivity contribution >= 4 is 0 Å². The van der Waals surface area contributed by atoms with Crippen LogP contribution in [0.3, 0.4) is 0 Å². The van der Waals surface area contributed by atoms with Gasteiger partial charge in [0.05, 0.1) is 6.07 Å². The minimum absolute atomic E-state index is 0.199. The molecular weight excluding hydrogens is 198 g/mol. The van der Waals surface area contributed by atoms with Crippen LogP contribution in [0.4, 0.5) is 0 Å². The van der Waals surface area contributed by atoms with Crippen LogP contribution in [-0.4, -0.2) is 4.98 Å². The lowest BCUT2D eigenvalue weighted by atomic mass is 9.84. The summed E-state index contributed by atoms with van der Waals surface area (Å²) < 4.78 is 0. The third-order valence-electron chi connectivity index (χ3n) is 2.97. The van der Waals surface area contributed by atoms with Crippen LogP contribution in [0.1, 0.15) is 43.9 Å². The third-order valence-corrected chi connectivity index (χ3v) is 2.97. The third kappa shape index (κ3) is 2.81. The molecule has 2 unspecified atom stereocenters. The van der Waals surface area contributed by atoms with Crippen LogP contribution in [0, 0.1) is 28.6 Å². The zero-order valence-electron chi connectivity index (χ0n) is 9.64. The Labute approximate surface area is 96.4 Å². The average Bonchev–Trinajstić information content (AvgIpc) is 2.35. The van der Waals surface area contributed by atoms with Crippen molar-refractivity contribution in [3.8, 4) is 12.1 Å². The Hall–Kier alpha value is -1.87. The quantitative estimate of drug-likeness (QED) is 0.772. The first kappa shape index (κ1) is 12.2. The van der Waals surface area contributed by atoms with Gasteiger partial charge in [0.1, 0.15) is 11.8 Å². The van der Waals surface area contributed by atoms with Crippen molar-refractivity contribution in [3.63, 3.8) is 0 Å². The summed E-state index contributed by atoms with van der Waals surface area (Å²) in [4.78, 5) is 3.94. The molecule has 1 aromatic heterocycles. The van der Waals surface area contributed by atoms with Crippen molar-refractivity contribution in [3.05, 3.63) is 29.6 Å². The van der Waals surface area contributed by atoms with Gasteiger partial charge in [0.2, 0.25) is 0 Å². The van der Waals surface area contributed by atoms with Crippen LogP contribution in [0.2, 0.25) is 0 Å². The van der Waals surface area contributed by atoms with Crippen LogP contribution in [0.25, 0.3) is 0 Å². The van der Waals surface area contributed by atoms with Gasteiger partial charge in [0.25, 0.3) is 0 Å². The molecule has 82 valence electrons. The highest BCUT2D eigenvalue weighted by Gasteiger charge is 2.18. The first-order chi connectivity index (χ1) is 7.72. The van der Waals surface area contributed by atoms with E-state index in [1.165, 1.54) is 0 Å². The molecule has 16 heavy (non-hydrogen) atoms. The Bertz CT molecular complexity index is 426. The van der Waals surface area contributed by atoms with Crippen LogP contribution in [0.15, 0.2) is 18.3 Å². The van der Waals surface area contributed by atoms with Crippen molar-refractivity contribution in [2.45, 2.75) is 32.6 Å². The van der Waals surface area contributed by atoms with Crippen molar-refractivity contribution in [2.24, 2.45) is 5.92 Å². The van der Waals surface area contributed by atoms with Gasteiger partial charge in [0, 0.05) is 12.6 Å². The summed E-state index contributed by atoms with van der Waals surface area (Å²) in [5.74, 6) is 0.638.